The number of aromatic amines is 1. The van der Waals surface area contributed by atoms with Crippen LogP contribution in [0, 0.1) is 0 Å². The Balaban J connectivity index is 1.57. The number of carbonyl (C=O) groups excluding carboxylic acids is 1. The van der Waals surface area contributed by atoms with Gasteiger partial charge in [0.15, 0.2) is 0 Å². The molecule has 1 aliphatic rings. The molecule has 1 atom stereocenters. The van der Waals surface area contributed by atoms with Crippen molar-refractivity contribution in [2.24, 2.45) is 0 Å². The Morgan fingerprint density at radius 1 is 1.12 bits per heavy atom. The summed E-state index contributed by atoms with van der Waals surface area (Å²) in [7, 11) is 0. The first kappa shape index (κ1) is 15.3. The van der Waals surface area contributed by atoms with Gasteiger partial charge in [0.05, 0.1) is 24.6 Å². The van der Waals surface area contributed by atoms with Gasteiger partial charge in [0.25, 0.3) is 11.5 Å². The lowest BCUT2D eigenvalue weighted by Crippen LogP contribution is -2.35. The smallest absolute Gasteiger partial charge is 0.261 e. The molecule has 3 heterocycles. The van der Waals surface area contributed by atoms with Crippen molar-refractivity contribution in [1.82, 2.24) is 10.3 Å². The van der Waals surface area contributed by atoms with Crippen LogP contribution in [0.25, 0.3) is 11.5 Å². The molecule has 0 aliphatic carbocycles. The number of hydrogen-bond acceptors (Lipinski definition) is 4. The number of pyridine rings is 1. The van der Waals surface area contributed by atoms with E-state index in [9.17, 15) is 9.59 Å². The zero-order valence-electron chi connectivity index (χ0n) is 13.3. The minimum atomic E-state index is -0.452. The second kappa shape index (κ2) is 6.32. The molecule has 0 radical (unpaired) electrons. The largest absolute Gasteiger partial charge is 0.493 e. The monoisotopic (exact) mass is 336 g/mol. The molecule has 0 spiro atoms. The number of furan rings is 1. The number of fused-ring (bicyclic) bond motifs is 1. The number of hydrogen-bond donors (Lipinski definition) is 2. The molecule has 3 aromatic rings. The molecule has 0 bridgehead atoms. The number of carbonyl (C=O) groups is 1. The van der Waals surface area contributed by atoms with Gasteiger partial charge in [-0.15, -0.1) is 0 Å². The molecule has 2 aromatic heterocycles. The van der Waals surface area contributed by atoms with Gasteiger partial charge in [-0.2, -0.15) is 0 Å². The molecule has 2 N–H and O–H groups in total. The predicted molar refractivity (Wildman–Crippen MR) is 91.5 cm³/mol. The van der Waals surface area contributed by atoms with E-state index >= 15 is 0 Å². The molecule has 6 heteroatoms. The zero-order valence-corrected chi connectivity index (χ0v) is 13.3. The third kappa shape index (κ3) is 2.94. The third-order valence-electron chi connectivity index (χ3n) is 4.20. The molecule has 0 saturated carbocycles. The minimum Gasteiger partial charge on any atom is -0.493 e. The van der Waals surface area contributed by atoms with Crippen molar-refractivity contribution in [2.75, 3.05) is 6.61 Å². The lowest BCUT2D eigenvalue weighted by atomic mass is 10.0. The molecular formula is C19H16N2O4. The summed E-state index contributed by atoms with van der Waals surface area (Å²) < 4.78 is 10.8. The maximum Gasteiger partial charge on any atom is 0.261 e. The molecular weight excluding hydrogens is 320 g/mol. The number of ether oxygens (including phenoxy) is 1. The van der Waals surface area contributed by atoms with Gasteiger partial charge in [0.1, 0.15) is 17.1 Å². The van der Waals surface area contributed by atoms with Crippen molar-refractivity contribution in [3.8, 4) is 17.2 Å². The standard InChI is InChI=1S/C19H16N2O4/c22-18(20-14-9-11-25-16-5-2-1-4-12(14)16)13-7-8-15(21-19(13)23)17-6-3-10-24-17/h1-8,10,14H,9,11H2,(H,20,22)(H,21,23)/t14-/m1/s1. The molecule has 4 rings (SSSR count). The molecule has 126 valence electrons. The van der Waals surface area contributed by atoms with Crippen LogP contribution in [0.4, 0.5) is 0 Å². The molecule has 6 nitrogen and oxygen atoms in total. The zero-order chi connectivity index (χ0) is 17.2. The topological polar surface area (TPSA) is 84.3 Å². The van der Waals surface area contributed by atoms with Gasteiger partial charge in [0, 0.05) is 12.0 Å². The van der Waals surface area contributed by atoms with E-state index in [1.54, 1.807) is 18.2 Å². The van der Waals surface area contributed by atoms with E-state index in [4.69, 9.17) is 9.15 Å². The lowest BCUT2D eigenvalue weighted by Gasteiger charge is -2.26. The highest BCUT2D eigenvalue weighted by atomic mass is 16.5. The Kier molecular flexibility index (Phi) is 3.85. The summed E-state index contributed by atoms with van der Waals surface area (Å²) >= 11 is 0. The van der Waals surface area contributed by atoms with E-state index in [0.717, 1.165) is 11.3 Å². The number of benzene rings is 1. The van der Waals surface area contributed by atoms with Crippen molar-refractivity contribution in [1.29, 1.82) is 0 Å². The summed E-state index contributed by atoms with van der Waals surface area (Å²) in [6.45, 7) is 0.524. The van der Waals surface area contributed by atoms with Crippen LogP contribution in [-0.4, -0.2) is 17.5 Å². The van der Waals surface area contributed by atoms with E-state index in [-0.39, 0.29) is 11.6 Å². The van der Waals surface area contributed by atoms with Gasteiger partial charge in [-0.05, 0) is 30.3 Å². The number of rotatable bonds is 3. The minimum absolute atomic E-state index is 0.0688. The average Bonchev–Trinajstić information content (AvgIpc) is 3.16. The second-order valence-corrected chi connectivity index (χ2v) is 5.79. The van der Waals surface area contributed by atoms with Crippen molar-refractivity contribution in [3.05, 3.63) is 76.3 Å². The summed E-state index contributed by atoms with van der Waals surface area (Å²) in [6, 6.07) is 14.0. The fourth-order valence-electron chi connectivity index (χ4n) is 2.96. The molecule has 25 heavy (non-hydrogen) atoms. The van der Waals surface area contributed by atoms with Gasteiger partial charge in [0.2, 0.25) is 0 Å². The highest BCUT2D eigenvalue weighted by molar-refractivity contribution is 5.94. The first-order chi connectivity index (χ1) is 12.2. The highest BCUT2D eigenvalue weighted by Crippen LogP contribution is 2.31. The molecule has 1 aliphatic heterocycles. The van der Waals surface area contributed by atoms with Crippen molar-refractivity contribution in [2.45, 2.75) is 12.5 Å². The number of aromatic nitrogens is 1. The van der Waals surface area contributed by atoms with Crippen molar-refractivity contribution < 1.29 is 13.9 Å². The SMILES string of the molecule is O=C(N[C@@H]1CCOc2ccccc21)c1ccc(-c2ccco2)[nH]c1=O. The van der Waals surface area contributed by atoms with E-state index in [1.807, 2.05) is 24.3 Å². The van der Waals surface area contributed by atoms with Crippen molar-refractivity contribution >= 4 is 5.91 Å². The number of H-pyrrole nitrogens is 1. The first-order valence-electron chi connectivity index (χ1n) is 8.02. The van der Waals surface area contributed by atoms with Crippen LogP contribution in [-0.2, 0) is 0 Å². The number of amides is 1. The first-order valence-corrected chi connectivity index (χ1v) is 8.02. The third-order valence-corrected chi connectivity index (χ3v) is 4.20. The Labute approximate surface area is 143 Å². The van der Waals surface area contributed by atoms with Gasteiger partial charge >= 0.3 is 0 Å². The summed E-state index contributed by atoms with van der Waals surface area (Å²) in [5.41, 5.74) is 1.07. The van der Waals surface area contributed by atoms with Gasteiger partial charge in [-0.3, -0.25) is 9.59 Å². The Hall–Kier alpha value is -3.28. The summed E-state index contributed by atoms with van der Waals surface area (Å²) in [6.07, 6.45) is 2.18. The van der Waals surface area contributed by atoms with Crippen molar-refractivity contribution in [3.63, 3.8) is 0 Å². The average molecular weight is 336 g/mol. The van der Waals surface area contributed by atoms with Gasteiger partial charge in [-0.1, -0.05) is 18.2 Å². The van der Waals surface area contributed by atoms with Crippen LogP contribution in [0.1, 0.15) is 28.4 Å². The normalized spacial score (nSPS) is 15.9. The Morgan fingerprint density at radius 2 is 2.00 bits per heavy atom. The second-order valence-electron chi connectivity index (χ2n) is 5.79. The molecule has 0 fully saturated rings. The van der Waals surface area contributed by atoms with Crippen LogP contribution in [0.5, 0.6) is 5.75 Å². The van der Waals surface area contributed by atoms with Crippen LogP contribution < -0.4 is 15.6 Å². The maximum absolute atomic E-state index is 12.5. The quantitative estimate of drug-likeness (QED) is 0.770. The Morgan fingerprint density at radius 3 is 2.80 bits per heavy atom. The van der Waals surface area contributed by atoms with E-state index in [0.29, 0.717) is 24.5 Å². The number of para-hydroxylation sites is 1. The van der Waals surface area contributed by atoms with Crippen LogP contribution in [0.3, 0.4) is 0 Å². The molecule has 0 saturated heterocycles. The van der Waals surface area contributed by atoms with Crippen LogP contribution >= 0.6 is 0 Å². The lowest BCUT2D eigenvalue weighted by molar-refractivity contribution is 0.0923. The van der Waals surface area contributed by atoms with Gasteiger partial charge in [-0.25, -0.2) is 0 Å². The van der Waals surface area contributed by atoms with Crippen LogP contribution in [0.15, 0.2) is 64.0 Å². The summed E-state index contributed by atoms with van der Waals surface area (Å²) in [5, 5.41) is 2.92. The van der Waals surface area contributed by atoms with Gasteiger partial charge < -0.3 is 19.5 Å². The maximum atomic E-state index is 12.5. The van der Waals surface area contributed by atoms with E-state index < -0.39 is 11.5 Å². The summed E-state index contributed by atoms with van der Waals surface area (Å²) in [4.78, 5) is 27.5. The fraction of sp³-hybridized carbons (Fsp3) is 0.158. The summed E-state index contributed by atoms with van der Waals surface area (Å²) in [5.74, 6) is 0.900. The van der Waals surface area contributed by atoms with E-state index in [1.165, 1.54) is 12.3 Å². The molecule has 1 amide bonds. The fourth-order valence-corrected chi connectivity index (χ4v) is 2.96. The molecule has 1 aromatic carbocycles. The highest BCUT2D eigenvalue weighted by Gasteiger charge is 2.24. The Bertz CT molecular complexity index is 960. The molecule has 0 unspecified atom stereocenters. The van der Waals surface area contributed by atoms with Crippen LogP contribution in [0.2, 0.25) is 0 Å². The van der Waals surface area contributed by atoms with E-state index in [2.05, 4.69) is 10.3 Å². The predicted octanol–water partition coefficient (Wildman–Crippen LogP) is 2.89. The number of nitrogens with one attached hydrogen (secondary N) is 2.